The van der Waals surface area contributed by atoms with Crippen LogP contribution in [0.5, 0.6) is 0 Å². The third-order valence-electron chi connectivity index (χ3n) is 2.82. The van der Waals surface area contributed by atoms with Crippen LogP contribution in [-0.2, 0) is 19.6 Å². The van der Waals surface area contributed by atoms with Crippen molar-refractivity contribution in [2.24, 2.45) is 0 Å². The van der Waals surface area contributed by atoms with Gasteiger partial charge in [-0.3, -0.25) is 4.79 Å². The highest BCUT2D eigenvalue weighted by atomic mass is 32.2. The SMILES string of the molecule is C#CCN(CC(=O)OCCC=C)S(=O)(=O)c1ccc(C)cc1. The van der Waals surface area contributed by atoms with Gasteiger partial charge in [-0.1, -0.05) is 29.7 Å². The van der Waals surface area contributed by atoms with E-state index in [0.717, 1.165) is 9.87 Å². The lowest BCUT2D eigenvalue weighted by Gasteiger charge is -2.19. The molecule has 6 heteroatoms. The summed E-state index contributed by atoms with van der Waals surface area (Å²) < 4.78 is 30.9. The second-order valence-corrected chi connectivity index (χ2v) is 6.53. The Hall–Kier alpha value is -2.10. The quantitative estimate of drug-likeness (QED) is 0.317. The maximum atomic E-state index is 12.5. The van der Waals surface area contributed by atoms with Gasteiger partial charge in [-0.05, 0) is 25.5 Å². The Balaban J connectivity index is 2.89. The van der Waals surface area contributed by atoms with Crippen molar-refractivity contribution < 1.29 is 17.9 Å². The summed E-state index contributed by atoms with van der Waals surface area (Å²) >= 11 is 0. The first-order chi connectivity index (χ1) is 10.4. The van der Waals surface area contributed by atoms with E-state index in [1.165, 1.54) is 12.1 Å². The molecule has 1 aromatic carbocycles. The van der Waals surface area contributed by atoms with E-state index >= 15 is 0 Å². The first-order valence-corrected chi connectivity index (χ1v) is 8.12. The highest BCUT2D eigenvalue weighted by Gasteiger charge is 2.26. The van der Waals surface area contributed by atoms with Crippen LogP contribution < -0.4 is 0 Å². The summed E-state index contributed by atoms with van der Waals surface area (Å²) in [6.45, 7) is 4.91. The van der Waals surface area contributed by atoms with Crippen molar-refractivity contribution >= 4 is 16.0 Å². The van der Waals surface area contributed by atoms with Crippen molar-refractivity contribution in [2.45, 2.75) is 18.2 Å². The fourth-order valence-corrected chi connectivity index (χ4v) is 2.93. The summed E-state index contributed by atoms with van der Waals surface area (Å²) in [6, 6.07) is 6.33. The molecule has 22 heavy (non-hydrogen) atoms. The van der Waals surface area contributed by atoms with Gasteiger partial charge in [0.05, 0.1) is 18.0 Å². The molecule has 0 saturated heterocycles. The van der Waals surface area contributed by atoms with Crippen LogP contribution in [0.2, 0.25) is 0 Å². The van der Waals surface area contributed by atoms with Crippen LogP contribution in [0.25, 0.3) is 0 Å². The molecule has 0 fully saturated rings. The molecule has 0 heterocycles. The topological polar surface area (TPSA) is 63.7 Å². The van der Waals surface area contributed by atoms with Gasteiger partial charge in [0.15, 0.2) is 0 Å². The number of hydrogen-bond donors (Lipinski definition) is 0. The molecule has 0 radical (unpaired) electrons. The highest BCUT2D eigenvalue weighted by molar-refractivity contribution is 7.89. The maximum absolute atomic E-state index is 12.5. The highest BCUT2D eigenvalue weighted by Crippen LogP contribution is 2.16. The van der Waals surface area contributed by atoms with Gasteiger partial charge >= 0.3 is 5.97 Å². The number of carbonyl (C=O) groups excluding carboxylic acids is 1. The second kappa shape index (κ2) is 8.37. The number of terminal acetylenes is 1. The number of esters is 1. The van der Waals surface area contributed by atoms with E-state index in [1.807, 2.05) is 6.92 Å². The molecule has 0 amide bonds. The van der Waals surface area contributed by atoms with E-state index in [-0.39, 0.29) is 18.0 Å². The number of hydrogen-bond acceptors (Lipinski definition) is 4. The predicted octanol–water partition coefficient (Wildman–Crippen LogP) is 1.74. The standard InChI is InChI=1S/C16H19NO4S/c1-4-6-12-21-16(18)13-17(11-5-2)22(19,20)15-9-7-14(3)8-10-15/h2,4,7-10H,1,6,11-13H2,3H3. The zero-order valence-electron chi connectivity index (χ0n) is 12.5. The molecule has 0 aliphatic heterocycles. The molecular weight excluding hydrogens is 302 g/mol. The largest absolute Gasteiger partial charge is 0.464 e. The van der Waals surface area contributed by atoms with Gasteiger partial charge in [0.2, 0.25) is 10.0 Å². The predicted molar refractivity (Wildman–Crippen MR) is 84.5 cm³/mol. The molecule has 0 aromatic heterocycles. The molecule has 5 nitrogen and oxygen atoms in total. The number of benzene rings is 1. The number of aryl methyl sites for hydroxylation is 1. The Bertz CT molecular complexity index is 656. The van der Waals surface area contributed by atoms with Crippen LogP contribution in [0.4, 0.5) is 0 Å². The van der Waals surface area contributed by atoms with Crippen molar-refractivity contribution in [1.82, 2.24) is 4.31 Å². The maximum Gasteiger partial charge on any atom is 0.321 e. The molecule has 0 saturated carbocycles. The lowest BCUT2D eigenvalue weighted by atomic mass is 10.2. The molecule has 1 aromatic rings. The average molecular weight is 321 g/mol. The molecule has 118 valence electrons. The zero-order valence-corrected chi connectivity index (χ0v) is 13.3. The van der Waals surface area contributed by atoms with Crippen LogP contribution in [0.1, 0.15) is 12.0 Å². The van der Waals surface area contributed by atoms with Crippen molar-refractivity contribution in [2.75, 3.05) is 19.7 Å². The first-order valence-electron chi connectivity index (χ1n) is 6.68. The number of sulfonamides is 1. The third kappa shape index (κ3) is 5.02. The van der Waals surface area contributed by atoms with Crippen LogP contribution >= 0.6 is 0 Å². The van der Waals surface area contributed by atoms with Gasteiger partial charge in [-0.2, -0.15) is 4.31 Å². The Morgan fingerprint density at radius 3 is 2.59 bits per heavy atom. The van der Waals surface area contributed by atoms with Gasteiger partial charge in [0, 0.05) is 0 Å². The summed E-state index contributed by atoms with van der Waals surface area (Å²) in [5, 5.41) is 0. The van der Waals surface area contributed by atoms with Gasteiger partial charge < -0.3 is 4.74 Å². The minimum atomic E-state index is -3.84. The minimum absolute atomic E-state index is 0.0900. The molecule has 0 N–H and O–H groups in total. The van der Waals surface area contributed by atoms with Gasteiger partial charge in [0.25, 0.3) is 0 Å². The second-order valence-electron chi connectivity index (χ2n) is 4.59. The smallest absolute Gasteiger partial charge is 0.321 e. The van der Waals surface area contributed by atoms with E-state index in [4.69, 9.17) is 11.2 Å². The van der Waals surface area contributed by atoms with Crippen molar-refractivity contribution in [1.29, 1.82) is 0 Å². The molecule has 0 bridgehead atoms. The fourth-order valence-electron chi connectivity index (χ4n) is 1.63. The molecule has 0 spiro atoms. The number of carbonyl (C=O) groups is 1. The van der Waals surface area contributed by atoms with Crippen LogP contribution in [0, 0.1) is 19.3 Å². The first kappa shape index (κ1) is 18.0. The van der Waals surface area contributed by atoms with Gasteiger partial charge in [-0.15, -0.1) is 13.0 Å². The Labute approximate surface area is 131 Å². The van der Waals surface area contributed by atoms with E-state index in [2.05, 4.69) is 12.5 Å². The van der Waals surface area contributed by atoms with Gasteiger partial charge in [0.1, 0.15) is 6.54 Å². The molecular formula is C16H19NO4S. The van der Waals surface area contributed by atoms with Crippen molar-refractivity contribution in [3.8, 4) is 12.3 Å². The average Bonchev–Trinajstić information content (AvgIpc) is 2.47. The summed E-state index contributed by atoms with van der Waals surface area (Å²) in [5.74, 6) is 1.60. The fraction of sp³-hybridized carbons (Fsp3) is 0.312. The molecule has 0 atom stereocenters. The summed E-state index contributed by atoms with van der Waals surface area (Å²) in [4.78, 5) is 11.8. The van der Waals surface area contributed by atoms with E-state index in [9.17, 15) is 13.2 Å². The lowest BCUT2D eigenvalue weighted by Crippen LogP contribution is -2.36. The Morgan fingerprint density at radius 1 is 1.41 bits per heavy atom. The summed E-state index contributed by atoms with van der Waals surface area (Å²) in [7, 11) is -3.84. The van der Waals surface area contributed by atoms with Crippen LogP contribution in [0.3, 0.4) is 0 Å². The van der Waals surface area contributed by atoms with Crippen molar-refractivity contribution in [3.05, 3.63) is 42.5 Å². The number of rotatable bonds is 8. The molecule has 0 unspecified atom stereocenters. The zero-order chi connectivity index (χ0) is 16.6. The van der Waals surface area contributed by atoms with Gasteiger partial charge in [-0.25, -0.2) is 8.42 Å². The third-order valence-corrected chi connectivity index (χ3v) is 4.62. The summed E-state index contributed by atoms with van der Waals surface area (Å²) in [6.07, 6.45) is 7.32. The van der Waals surface area contributed by atoms with E-state index < -0.39 is 22.5 Å². The lowest BCUT2D eigenvalue weighted by molar-refractivity contribution is -0.143. The monoisotopic (exact) mass is 321 g/mol. The van der Waals surface area contributed by atoms with E-state index in [1.54, 1.807) is 18.2 Å². The molecule has 0 aliphatic carbocycles. The van der Waals surface area contributed by atoms with Crippen molar-refractivity contribution in [3.63, 3.8) is 0 Å². The minimum Gasteiger partial charge on any atom is -0.464 e. The van der Waals surface area contributed by atoms with Crippen LogP contribution in [0.15, 0.2) is 41.8 Å². The number of ether oxygens (including phenoxy) is 1. The Kier molecular flexibility index (Phi) is 6.83. The van der Waals surface area contributed by atoms with Crippen LogP contribution in [-0.4, -0.2) is 38.4 Å². The Morgan fingerprint density at radius 2 is 2.05 bits per heavy atom. The summed E-state index contributed by atoms with van der Waals surface area (Å²) in [5.41, 5.74) is 0.936. The molecule has 0 aliphatic rings. The van der Waals surface area contributed by atoms with E-state index in [0.29, 0.717) is 6.42 Å². The number of nitrogens with zero attached hydrogens (tertiary/aromatic N) is 1. The molecule has 1 rings (SSSR count). The normalized spacial score (nSPS) is 11.0.